The quantitative estimate of drug-likeness (QED) is 0.167. The zero-order valence-electron chi connectivity index (χ0n) is 23.0. The van der Waals surface area contributed by atoms with Crippen molar-refractivity contribution >= 4 is 28.0 Å². The minimum atomic E-state index is -0.746. The van der Waals surface area contributed by atoms with Gasteiger partial charge in [-0.3, -0.25) is 4.79 Å². The van der Waals surface area contributed by atoms with E-state index in [1.54, 1.807) is 0 Å². The number of carbonyl (C=O) groups is 1. The van der Waals surface area contributed by atoms with Crippen molar-refractivity contribution in [2.24, 2.45) is 0 Å². The Morgan fingerprint density at radius 1 is 0.310 bits per heavy atom. The minimum Gasteiger partial charge on any atom is -0.274 e. The molecule has 1 nitrogen and oxygen atoms in total. The van der Waals surface area contributed by atoms with E-state index >= 15 is 0 Å². The number of hydrogen-bond acceptors (Lipinski definition) is 3. The van der Waals surface area contributed by atoms with E-state index in [0.29, 0.717) is 0 Å². The first-order valence-corrected chi connectivity index (χ1v) is 15.6. The Bertz CT molecular complexity index is 1380. The Hall–Kier alpha value is -4.31. The van der Waals surface area contributed by atoms with Crippen LogP contribution in [0, 0.1) is 0 Å². The molecule has 0 atom stereocenters. The van der Waals surface area contributed by atoms with Crippen LogP contribution in [0.25, 0.3) is 0 Å². The summed E-state index contributed by atoms with van der Waals surface area (Å²) in [7, 11) is 0. The molecular formula is C39H30OS2. The van der Waals surface area contributed by atoms with Gasteiger partial charge in [0.2, 0.25) is 4.45 Å². The van der Waals surface area contributed by atoms with Gasteiger partial charge in [0.15, 0.2) is 0 Å². The number of benzene rings is 6. The van der Waals surface area contributed by atoms with Crippen LogP contribution in [0.5, 0.6) is 0 Å². The van der Waals surface area contributed by atoms with Gasteiger partial charge in [0.1, 0.15) is 0 Å². The van der Waals surface area contributed by atoms with E-state index in [1.807, 2.05) is 36.4 Å². The predicted octanol–water partition coefficient (Wildman–Crippen LogP) is 10.6. The van der Waals surface area contributed by atoms with Crippen LogP contribution >= 0.6 is 23.5 Å². The summed E-state index contributed by atoms with van der Waals surface area (Å²) in [5, 5.41) is 0. The number of carbonyl (C=O) groups excluding carboxylic acids is 1. The average Bonchev–Trinajstić information content (AvgIpc) is 3.08. The molecule has 0 radical (unpaired) electrons. The summed E-state index contributed by atoms with van der Waals surface area (Å²) in [5.74, 6) is 0. The maximum Gasteiger partial charge on any atom is 0.249 e. The van der Waals surface area contributed by atoms with Gasteiger partial charge in [-0.1, -0.05) is 206 Å². The fourth-order valence-electron chi connectivity index (χ4n) is 5.66. The third kappa shape index (κ3) is 5.34. The summed E-state index contributed by atoms with van der Waals surface area (Å²) < 4.78 is -1.46. The molecule has 0 fully saturated rings. The van der Waals surface area contributed by atoms with Gasteiger partial charge in [-0.2, -0.15) is 0 Å². The lowest BCUT2D eigenvalue weighted by Gasteiger charge is -2.37. The van der Waals surface area contributed by atoms with Crippen LogP contribution < -0.4 is 0 Å². The Labute approximate surface area is 256 Å². The molecule has 0 aliphatic heterocycles. The molecule has 6 aromatic carbocycles. The molecule has 0 bridgehead atoms. The molecule has 0 spiro atoms. The van der Waals surface area contributed by atoms with Crippen molar-refractivity contribution in [3.05, 3.63) is 215 Å². The van der Waals surface area contributed by atoms with Crippen molar-refractivity contribution in [1.82, 2.24) is 0 Å². The van der Waals surface area contributed by atoms with E-state index in [1.165, 1.54) is 23.5 Å². The second-order valence-corrected chi connectivity index (χ2v) is 12.6. The summed E-state index contributed by atoms with van der Waals surface area (Å²) in [6.45, 7) is 0. The fourth-order valence-corrected chi connectivity index (χ4v) is 8.60. The molecule has 0 saturated heterocycles. The van der Waals surface area contributed by atoms with Gasteiger partial charge in [0.05, 0.1) is 9.49 Å². The second kappa shape index (κ2) is 12.7. The van der Waals surface area contributed by atoms with Crippen molar-refractivity contribution in [2.75, 3.05) is 0 Å². The zero-order valence-corrected chi connectivity index (χ0v) is 24.7. The summed E-state index contributed by atoms with van der Waals surface area (Å²) >= 11 is 2.77. The molecule has 6 rings (SSSR count). The number of hydrogen-bond donors (Lipinski definition) is 0. The van der Waals surface area contributed by atoms with E-state index in [-0.39, 0.29) is 4.45 Å². The standard InChI is InChI=1S/C39H30OS2/c40-37(41-38(31-19-7-1-8-20-31,32-21-9-2-10-22-32)33-23-11-3-12-24-33)42-39(34-25-13-4-14-26-34,35-27-15-5-16-28-35)36-29-17-6-18-30-36/h1-30H. The normalized spacial score (nSPS) is 11.6. The lowest BCUT2D eigenvalue weighted by atomic mass is 9.84. The SMILES string of the molecule is O=C(SC(c1ccccc1)(c1ccccc1)c1ccccc1)SC(c1ccccc1)(c1ccccc1)c1ccccc1. The van der Waals surface area contributed by atoms with Crippen LogP contribution in [0.15, 0.2) is 182 Å². The molecule has 0 N–H and O–H groups in total. The highest BCUT2D eigenvalue weighted by Gasteiger charge is 2.44. The van der Waals surface area contributed by atoms with Crippen LogP contribution in [0.3, 0.4) is 0 Å². The van der Waals surface area contributed by atoms with E-state index < -0.39 is 9.49 Å². The first-order valence-electron chi connectivity index (χ1n) is 14.0. The third-order valence-electron chi connectivity index (χ3n) is 7.55. The zero-order chi connectivity index (χ0) is 28.7. The molecular weight excluding hydrogens is 549 g/mol. The molecule has 0 heterocycles. The molecule has 0 aliphatic rings. The smallest absolute Gasteiger partial charge is 0.249 e. The van der Waals surface area contributed by atoms with Crippen molar-refractivity contribution in [3.63, 3.8) is 0 Å². The summed E-state index contributed by atoms with van der Waals surface area (Å²) in [4.78, 5) is 14.8. The van der Waals surface area contributed by atoms with Crippen LogP contribution in [-0.2, 0) is 9.49 Å². The highest BCUT2D eigenvalue weighted by atomic mass is 32.2. The molecule has 0 unspecified atom stereocenters. The highest BCUT2D eigenvalue weighted by Crippen LogP contribution is 2.55. The van der Waals surface area contributed by atoms with Crippen molar-refractivity contribution in [3.8, 4) is 0 Å². The van der Waals surface area contributed by atoms with Gasteiger partial charge in [-0.05, 0) is 33.4 Å². The first-order chi connectivity index (χ1) is 20.7. The molecule has 0 aliphatic carbocycles. The van der Waals surface area contributed by atoms with Gasteiger partial charge >= 0.3 is 0 Å². The van der Waals surface area contributed by atoms with Crippen molar-refractivity contribution in [1.29, 1.82) is 0 Å². The second-order valence-electron chi connectivity index (χ2n) is 10.0. The minimum absolute atomic E-state index is 0.0307. The van der Waals surface area contributed by atoms with Crippen LogP contribution in [0.1, 0.15) is 33.4 Å². The molecule has 3 heteroatoms. The van der Waals surface area contributed by atoms with E-state index in [2.05, 4.69) is 146 Å². The maximum absolute atomic E-state index is 14.8. The topological polar surface area (TPSA) is 17.1 Å². The van der Waals surface area contributed by atoms with Gasteiger partial charge in [0, 0.05) is 0 Å². The van der Waals surface area contributed by atoms with Gasteiger partial charge in [-0.15, -0.1) is 0 Å². The van der Waals surface area contributed by atoms with Crippen LogP contribution in [-0.4, -0.2) is 4.45 Å². The molecule has 42 heavy (non-hydrogen) atoms. The first kappa shape index (κ1) is 27.8. The van der Waals surface area contributed by atoms with Crippen LogP contribution in [0.4, 0.5) is 4.79 Å². The fraction of sp³-hybridized carbons (Fsp3) is 0.0513. The van der Waals surface area contributed by atoms with Gasteiger partial charge in [0.25, 0.3) is 0 Å². The van der Waals surface area contributed by atoms with Gasteiger partial charge < -0.3 is 0 Å². The lowest BCUT2D eigenvalue weighted by Crippen LogP contribution is -2.30. The largest absolute Gasteiger partial charge is 0.274 e. The molecule has 0 saturated carbocycles. The van der Waals surface area contributed by atoms with Crippen molar-refractivity contribution in [2.45, 2.75) is 9.49 Å². The van der Waals surface area contributed by atoms with Gasteiger partial charge in [-0.25, -0.2) is 0 Å². The molecule has 0 aromatic heterocycles. The Kier molecular flexibility index (Phi) is 8.41. The predicted molar refractivity (Wildman–Crippen MR) is 179 cm³/mol. The summed E-state index contributed by atoms with van der Waals surface area (Å²) in [6, 6.07) is 62.3. The number of thioether (sulfide) groups is 2. The summed E-state index contributed by atoms with van der Waals surface area (Å²) in [6.07, 6.45) is 0. The van der Waals surface area contributed by atoms with E-state index in [9.17, 15) is 4.79 Å². The average molecular weight is 579 g/mol. The van der Waals surface area contributed by atoms with Crippen molar-refractivity contribution < 1.29 is 4.79 Å². The summed E-state index contributed by atoms with van der Waals surface area (Å²) in [5.41, 5.74) is 6.37. The Morgan fingerprint density at radius 3 is 0.643 bits per heavy atom. The maximum atomic E-state index is 14.8. The highest BCUT2D eigenvalue weighted by molar-refractivity contribution is 8.39. The van der Waals surface area contributed by atoms with E-state index in [0.717, 1.165) is 33.4 Å². The molecule has 0 amide bonds. The lowest BCUT2D eigenvalue weighted by molar-refractivity contribution is 0.276. The monoisotopic (exact) mass is 578 g/mol. The third-order valence-corrected chi connectivity index (χ3v) is 10.4. The number of rotatable bonds is 8. The Morgan fingerprint density at radius 2 is 0.476 bits per heavy atom. The Balaban J connectivity index is 1.55. The van der Waals surface area contributed by atoms with Crippen LogP contribution in [0.2, 0.25) is 0 Å². The molecule has 204 valence electrons. The molecule has 6 aromatic rings. The van der Waals surface area contributed by atoms with E-state index in [4.69, 9.17) is 0 Å².